The first-order valence-electron chi connectivity index (χ1n) is 13.4. The highest BCUT2D eigenvalue weighted by Crippen LogP contribution is 2.48. The highest BCUT2D eigenvalue weighted by Gasteiger charge is 2.56. The van der Waals surface area contributed by atoms with E-state index in [1.165, 1.54) is 46.5 Å². The Morgan fingerprint density at radius 2 is 1.91 bits per heavy atom. The maximum absolute atomic E-state index is 13.9. The van der Waals surface area contributed by atoms with Gasteiger partial charge >= 0.3 is 19.7 Å². The quantitative estimate of drug-likeness (QED) is 0.146. The summed E-state index contributed by atoms with van der Waals surface area (Å²) in [6, 6.07) is 3.72. The third kappa shape index (κ3) is 7.07. The van der Waals surface area contributed by atoms with E-state index in [0.717, 1.165) is 0 Å². The van der Waals surface area contributed by atoms with Crippen molar-refractivity contribution in [1.82, 2.24) is 10.1 Å². The first kappa shape index (κ1) is 32.5. The third-order valence-electron chi connectivity index (χ3n) is 7.36. The molecule has 43 heavy (non-hydrogen) atoms. The standard InChI is InChI=1S/C26H37N6O10P/c1-14(24(35)38-3)31-43(37,42-16-7-5-15(6-8-16)11-17(27)25(36)39-4)40-12-26(2)22(34)20(33)21(41-26)18-9-10-19-23(28)29-13-30-32(18)19/h5-8,10,13-14,17-18,20-22,33-34H,9,11-12,27H2,1-4H3,(H,31,37)(H2,28,29,30)/t14-,17-,18?,20-,21-,22-,26+,43?/m0/s1. The summed E-state index contributed by atoms with van der Waals surface area (Å²) in [5.41, 5.74) is 11.5. The maximum atomic E-state index is 13.9. The average molecular weight is 625 g/mol. The number of aliphatic hydroxyl groups is 2. The molecule has 3 aliphatic rings. The lowest BCUT2D eigenvalue weighted by molar-refractivity contribution is -0.143. The van der Waals surface area contributed by atoms with Gasteiger partial charge in [-0.25, -0.2) is 9.56 Å². The summed E-state index contributed by atoms with van der Waals surface area (Å²) >= 11 is 0. The van der Waals surface area contributed by atoms with Crippen molar-refractivity contribution in [2.24, 2.45) is 21.6 Å². The van der Waals surface area contributed by atoms with Crippen LogP contribution < -0.4 is 21.1 Å². The molecule has 0 bridgehead atoms. The SMILES string of the molecule is COC(=O)[C@H](C)NP(=O)(OC[C@@]1(C)O[C@@H](C2CC=C3C(N)=NC=NN32)[C@H](O)[C@@H]1O)Oc1ccc(C[C@H](N)C(=O)OC)cc1. The molecule has 1 fully saturated rings. The maximum Gasteiger partial charge on any atom is 0.459 e. The molecule has 4 rings (SSSR count). The Bertz CT molecular complexity index is 1340. The lowest BCUT2D eigenvalue weighted by atomic mass is 9.95. The van der Waals surface area contributed by atoms with Crippen molar-refractivity contribution in [3.63, 3.8) is 0 Å². The van der Waals surface area contributed by atoms with Gasteiger partial charge < -0.3 is 40.4 Å². The van der Waals surface area contributed by atoms with Crippen LogP contribution in [0.5, 0.6) is 5.75 Å². The van der Waals surface area contributed by atoms with Gasteiger partial charge in [0.25, 0.3) is 0 Å². The predicted molar refractivity (Wildman–Crippen MR) is 153 cm³/mol. The molecule has 3 heterocycles. The van der Waals surface area contributed by atoms with Gasteiger partial charge in [-0.2, -0.15) is 10.2 Å². The van der Waals surface area contributed by atoms with Gasteiger partial charge in [0.1, 0.15) is 48.1 Å². The molecule has 0 aromatic heterocycles. The number of hydrazone groups is 1. The summed E-state index contributed by atoms with van der Waals surface area (Å²) in [7, 11) is -1.93. The number of nitrogens with zero attached hydrogens (tertiary/aromatic N) is 3. The Hall–Kier alpha value is -3.37. The summed E-state index contributed by atoms with van der Waals surface area (Å²) in [5.74, 6) is -0.929. The molecule has 16 nitrogen and oxygen atoms in total. The zero-order valence-corrected chi connectivity index (χ0v) is 25.0. The molecule has 0 saturated carbocycles. The van der Waals surface area contributed by atoms with Crippen molar-refractivity contribution < 1.29 is 47.6 Å². The van der Waals surface area contributed by atoms with E-state index >= 15 is 0 Å². The number of aliphatic hydroxyl groups excluding tert-OH is 2. The molecular formula is C26H37N6O10P. The average Bonchev–Trinajstić information content (AvgIpc) is 3.52. The molecule has 8 atom stereocenters. The predicted octanol–water partition coefficient (Wildman–Crippen LogP) is -0.464. The van der Waals surface area contributed by atoms with Crippen molar-refractivity contribution in [3.8, 4) is 5.75 Å². The number of rotatable bonds is 12. The van der Waals surface area contributed by atoms with Crippen LogP contribution in [0.25, 0.3) is 0 Å². The van der Waals surface area contributed by atoms with Crippen molar-refractivity contribution >= 4 is 31.9 Å². The number of nitrogens with two attached hydrogens (primary N) is 2. The minimum Gasteiger partial charge on any atom is -0.468 e. The third-order valence-corrected chi connectivity index (χ3v) is 8.98. The second-order valence-corrected chi connectivity index (χ2v) is 12.2. The Balaban J connectivity index is 1.48. The number of fused-ring (bicyclic) bond motifs is 1. The van der Waals surface area contributed by atoms with Gasteiger partial charge in [0.05, 0.1) is 32.6 Å². The molecule has 1 aromatic rings. The van der Waals surface area contributed by atoms with Gasteiger partial charge in [-0.15, -0.1) is 0 Å². The molecule has 7 N–H and O–H groups in total. The lowest BCUT2D eigenvalue weighted by Crippen LogP contribution is -2.46. The molecule has 0 spiro atoms. The largest absolute Gasteiger partial charge is 0.468 e. The van der Waals surface area contributed by atoms with Crippen molar-refractivity contribution in [2.75, 3.05) is 20.8 Å². The van der Waals surface area contributed by atoms with E-state index in [1.54, 1.807) is 17.1 Å². The summed E-state index contributed by atoms with van der Waals surface area (Å²) in [5, 5.41) is 30.3. The number of carbonyl (C=O) groups excluding carboxylic acids is 2. The van der Waals surface area contributed by atoms with Crippen molar-refractivity contribution in [3.05, 3.63) is 41.6 Å². The van der Waals surface area contributed by atoms with Crippen molar-refractivity contribution in [1.29, 1.82) is 0 Å². The van der Waals surface area contributed by atoms with Gasteiger partial charge in [0.15, 0.2) is 5.84 Å². The van der Waals surface area contributed by atoms with Gasteiger partial charge in [0, 0.05) is 0 Å². The van der Waals surface area contributed by atoms with Gasteiger partial charge in [-0.3, -0.25) is 19.1 Å². The Kier molecular flexibility index (Phi) is 9.91. The number of ether oxygens (including phenoxy) is 3. The second kappa shape index (κ2) is 13.1. The van der Waals surface area contributed by atoms with E-state index in [-0.39, 0.29) is 18.0 Å². The number of benzene rings is 1. The smallest absolute Gasteiger partial charge is 0.459 e. The molecular weight excluding hydrogens is 587 g/mol. The number of methoxy groups -OCH3 is 2. The minimum absolute atomic E-state index is 0.103. The zero-order chi connectivity index (χ0) is 31.5. The fraction of sp³-hybridized carbons (Fsp3) is 0.538. The number of aliphatic imine (C=N–C) groups is 1. The van der Waals surface area contributed by atoms with Crippen LogP contribution in [0.3, 0.4) is 0 Å². The number of amidine groups is 1. The monoisotopic (exact) mass is 624 g/mol. The summed E-state index contributed by atoms with van der Waals surface area (Å²) < 4.78 is 40.9. The van der Waals surface area contributed by atoms with Gasteiger partial charge in [0.2, 0.25) is 0 Å². The number of nitrogens with one attached hydrogen (secondary N) is 1. The molecule has 0 aliphatic carbocycles. The summed E-state index contributed by atoms with van der Waals surface area (Å²) in [6.45, 7) is 2.39. The van der Waals surface area contributed by atoms with Gasteiger partial charge in [-0.1, -0.05) is 18.2 Å². The Labute approximate surface area is 248 Å². The van der Waals surface area contributed by atoms with Crippen LogP contribution in [-0.4, -0.2) is 102 Å². The zero-order valence-electron chi connectivity index (χ0n) is 24.2. The van der Waals surface area contributed by atoms with Crippen LogP contribution in [-0.2, 0) is 39.3 Å². The molecule has 0 radical (unpaired) electrons. The van der Waals surface area contributed by atoms with E-state index < -0.39 is 68.3 Å². The molecule has 1 saturated heterocycles. The minimum atomic E-state index is -4.34. The number of carbonyl (C=O) groups is 2. The van der Waals surface area contributed by atoms with Crippen LogP contribution in [0.2, 0.25) is 0 Å². The topological polar surface area (TPSA) is 230 Å². The van der Waals surface area contributed by atoms with Crippen LogP contribution in [0, 0.1) is 0 Å². The van der Waals surface area contributed by atoms with E-state index in [9.17, 15) is 24.4 Å². The normalized spacial score (nSPS) is 29.1. The second-order valence-electron chi connectivity index (χ2n) is 10.5. The molecule has 0 amide bonds. The molecule has 3 aliphatic heterocycles. The van der Waals surface area contributed by atoms with Crippen LogP contribution in [0.1, 0.15) is 25.8 Å². The molecule has 17 heteroatoms. The van der Waals surface area contributed by atoms with E-state index in [1.807, 2.05) is 6.08 Å². The fourth-order valence-corrected chi connectivity index (χ4v) is 6.54. The highest BCUT2D eigenvalue weighted by molar-refractivity contribution is 7.52. The Morgan fingerprint density at radius 1 is 1.23 bits per heavy atom. The van der Waals surface area contributed by atoms with Crippen molar-refractivity contribution in [2.45, 2.75) is 68.7 Å². The molecule has 1 aromatic carbocycles. The van der Waals surface area contributed by atoms with Crippen LogP contribution in [0.4, 0.5) is 0 Å². The highest BCUT2D eigenvalue weighted by atomic mass is 31.2. The number of esters is 2. The van der Waals surface area contributed by atoms with Crippen LogP contribution in [0.15, 0.2) is 46.1 Å². The van der Waals surface area contributed by atoms with Gasteiger partial charge in [-0.05, 0) is 44.4 Å². The summed E-state index contributed by atoms with van der Waals surface area (Å²) in [4.78, 5) is 27.7. The number of hydrogen-bond acceptors (Lipinski definition) is 15. The van der Waals surface area contributed by atoms with Crippen LogP contribution >= 0.6 is 7.75 Å². The first-order chi connectivity index (χ1) is 20.3. The number of hydrogen-bond donors (Lipinski definition) is 5. The molecule has 2 unspecified atom stereocenters. The summed E-state index contributed by atoms with van der Waals surface area (Å²) in [6.07, 6.45) is -0.0360. The molecule has 236 valence electrons. The van der Waals surface area contributed by atoms with E-state index in [0.29, 0.717) is 17.7 Å². The van der Waals surface area contributed by atoms with E-state index in [2.05, 4.69) is 19.9 Å². The Morgan fingerprint density at radius 3 is 2.56 bits per heavy atom. The lowest BCUT2D eigenvalue weighted by Gasteiger charge is -2.32. The fourth-order valence-electron chi connectivity index (χ4n) is 4.96. The first-order valence-corrected chi connectivity index (χ1v) is 15.0. The van der Waals surface area contributed by atoms with E-state index in [4.69, 9.17) is 30.0 Å².